The Morgan fingerprint density at radius 2 is 1.93 bits per heavy atom. The van der Waals surface area contributed by atoms with E-state index in [1.54, 1.807) is 4.40 Å². The molecule has 5 rings (SSSR count). The second-order valence-electron chi connectivity index (χ2n) is 8.05. The van der Waals surface area contributed by atoms with Crippen molar-refractivity contribution in [2.24, 2.45) is 7.05 Å². The average molecular weight is 407 g/mol. The molecule has 0 amide bonds. The molecule has 0 radical (unpaired) electrons. The Labute approximate surface area is 174 Å². The van der Waals surface area contributed by atoms with Crippen LogP contribution in [0, 0.1) is 19.7 Å². The van der Waals surface area contributed by atoms with E-state index < -0.39 is 0 Å². The molecule has 3 aromatic heterocycles. The van der Waals surface area contributed by atoms with Crippen LogP contribution in [-0.2, 0) is 13.6 Å². The van der Waals surface area contributed by atoms with E-state index >= 15 is 0 Å². The summed E-state index contributed by atoms with van der Waals surface area (Å²) in [7, 11) is 1.96. The van der Waals surface area contributed by atoms with Crippen molar-refractivity contribution < 1.29 is 4.39 Å². The molecule has 4 aromatic rings. The summed E-state index contributed by atoms with van der Waals surface area (Å²) in [6, 6.07) is 3.70. The molecule has 30 heavy (non-hydrogen) atoms. The third-order valence-electron chi connectivity index (χ3n) is 5.70. The van der Waals surface area contributed by atoms with Crippen LogP contribution in [0.2, 0.25) is 0 Å². The molecule has 1 fully saturated rings. The lowest BCUT2D eigenvalue weighted by Gasteiger charge is -2.31. The summed E-state index contributed by atoms with van der Waals surface area (Å²) in [5.74, 6) is -0.332. The van der Waals surface area contributed by atoms with Crippen LogP contribution in [0.5, 0.6) is 0 Å². The van der Waals surface area contributed by atoms with Crippen molar-refractivity contribution in [3.8, 4) is 0 Å². The lowest BCUT2D eigenvalue weighted by molar-refractivity contribution is 0.589. The number of halogens is 1. The van der Waals surface area contributed by atoms with Gasteiger partial charge in [0.05, 0.1) is 22.6 Å². The quantitative estimate of drug-likeness (QED) is 0.545. The molecular weight excluding hydrogens is 381 g/mol. The molecule has 8 heteroatoms. The summed E-state index contributed by atoms with van der Waals surface area (Å²) in [4.78, 5) is 6.66. The predicted molar refractivity (Wildman–Crippen MR) is 118 cm³/mol. The van der Waals surface area contributed by atoms with Gasteiger partial charge in [0, 0.05) is 69.8 Å². The summed E-state index contributed by atoms with van der Waals surface area (Å²) >= 11 is 0. The van der Waals surface area contributed by atoms with E-state index in [1.165, 1.54) is 22.7 Å². The summed E-state index contributed by atoms with van der Waals surface area (Å²) in [6.45, 7) is 8.55. The number of nitrogens with one attached hydrogen (secondary N) is 2. The number of benzene rings is 1. The molecule has 1 aromatic carbocycles. The minimum atomic E-state index is -0.332. The Bertz CT molecular complexity index is 1230. The average Bonchev–Trinajstić information content (AvgIpc) is 3.29. The Kier molecular flexibility index (Phi) is 4.58. The van der Waals surface area contributed by atoms with Gasteiger partial charge in [0.15, 0.2) is 11.5 Å². The fourth-order valence-corrected chi connectivity index (χ4v) is 4.43. The number of aromatic nitrogens is 4. The van der Waals surface area contributed by atoms with Gasteiger partial charge in [-0.2, -0.15) is 5.10 Å². The van der Waals surface area contributed by atoms with Crippen LogP contribution in [-0.4, -0.2) is 45.3 Å². The molecular formula is C22H26FN7. The minimum Gasteiger partial charge on any atom is -0.380 e. The van der Waals surface area contributed by atoms with Gasteiger partial charge >= 0.3 is 0 Å². The summed E-state index contributed by atoms with van der Waals surface area (Å²) in [5.41, 5.74) is 6.45. The standard InChI is InChI=1S/C22H26FN7/c1-14-8-16(10-25-17-9-19(23)22-26-15(2)11-30(22)12-17)20-18(13-28(3)27-20)21(14)29-6-4-24-5-7-29/h8-9,11-13,24-25H,4-7,10H2,1-3H3. The topological polar surface area (TPSA) is 62.4 Å². The maximum atomic E-state index is 14.4. The van der Waals surface area contributed by atoms with Gasteiger partial charge in [-0.05, 0) is 31.0 Å². The first-order chi connectivity index (χ1) is 14.5. The maximum Gasteiger partial charge on any atom is 0.173 e. The van der Waals surface area contributed by atoms with Crippen molar-refractivity contribution in [2.75, 3.05) is 36.4 Å². The third kappa shape index (κ3) is 3.27. The van der Waals surface area contributed by atoms with E-state index in [4.69, 9.17) is 5.10 Å². The Morgan fingerprint density at radius 1 is 1.13 bits per heavy atom. The number of rotatable bonds is 4. The van der Waals surface area contributed by atoms with Gasteiger partial charge in [0.1, 0.15) is 0 Å². The van der Waals surface area contributed by atoms with Crippen LogP contribution in [0.1, 0.15) is 16.8 Å². The zero-order valence-electron chi connectivity index (χ0n) is 17.5. The third-order valence-corrected chi connectivity index (χ3v) is 5.70. The zero-order chi connectivity index (χ0) is 20.8. The zero-order valence-corrected chi connectivity index (χ0v) is 17.5. The summed E-state index contributed by atoms with van der Waals surface area (Å²) < 4.78 is 18.0. The molecule has 156 valence electrons. The molecule has 2 N–H and O–H groups in total. The lowest BCUT2D eigenvalue weighted by atomic mass is 10.0. The number of piperazine rings is 1. The Morgan fingerprint density at radius 3 is 2.73 bits per heavy atom. The molecule has 0 aliphatic carbocycles. The second kappa shape index (κ2) is 7.28. The van der Waals surface area contributed by atoms with Crippen LogP contribution in [0.4, 0.5) is 15.8 Å². The minimum absolute atomic E-state index is 0.332. The lowest BCUT2D eigenvalue weighted by Crippen LogP contribution is -2.43. The monoisotopic (exact) mass is 407 g/mol. The number of pyridine rings is 1. The smallest absolute Gasteiger partial charge is 0.173 e. The van der Waals surface area contributed by atoms with E-state index in [2.05, 4.69) is 39.7 Å². The van der Waals surface area contributed by atoms with Crippen LogP contribution in [0.15, 0.2) is 30.7 Å². The van der Waals surface area contributed by atoms with E-state index in [-0.39, 0.29) is 5.82 Å². The number of aryl methyl sites for hydroxylation is 3. The van der Waals surface area contributed by atoms with Gasteiger partial charge in [-0.25, -0.2) is 9.37 Å². The van der Waals surface area contributed by atoms with Gasteiger partial charge in [-0.15, -0.1) is 0 Å². The van der Waals surface area contributed by atoms with Gasteiger partial charge in [-0.1, -0.05) is 0 Å². The van der Waals surface area contributed by atoms with Crippen molar-refractivity contribution >= 4 is 27.9 Å². The summed E-state index contributed by atoms with van der Waals surface area (Å²) in [5, 5.41) is 12.7. The van der Waals surface area contributed by atoms with Crippen LogP contribution in [0.3, 0.4) is 0 Å². The molecule has 1 saturated heterocycles. The molecule has 1 aliphatic rings. The molecule has 0 bridgehead atoms. The van der Waals surface area contributed by atoms with E-state index in [0.717, 1.165) is 43.0 Å². The molecule has 1 aliphatic heterocycles. The van der Waals surface area contributed by atoms with Crippen molar-refractivity contribution in [3.63, 3.8) is 0 Å². The Hall–Kier alpha value is -3.13. The van der Waals surface area contributed by atoms with E-state index in [9.17, 15) is 4.39 Å². The number of hydrogen-bond donors (Lipinski definition) is 2. The van der Waals surface area contributed by atoms with Gasteiger partial charge in [-0.3, -0.25) is 4.68 Å². The number of anilines is 2. The fourth-order valence-electron chi connectivity index (χ4n) is 4.43. The molecule has 0 saturated carbocycles. The van der Waals surface area contributed by atoms with Crippen molar-refractivity contribution in [2.45, 2.75) is 20.4 Å². The van der Waals surface area contributed by atoms with Gasteiger partial charge in [0.25, 0.3) is 0 Å². The van der Waals surface area contributed by atoms with Crippen molar-refractivity contribution in [1.29, 1.82) is 0 Å². The maximum absolute atomic E-state index is 14.4. The predicted octanol–water partition coefficient (Wildman–Crippen LogP) is 3.00. The highest BCUT2D eigenvalue weighted by molar-refractivity contribution is 5.95. The highest BCUT2D eigenvalue weighted by Gasteiger charge is 2.19. The largest absolute Gasteiger partial charge is 0.380 e. The van der Waals surface area contributed by atoms with Gasteiger partial charge in [0.2, 0.25) is 0 Å². The highest BCUT2D eigenvalue weighted by Crippen LogP contribution is 2.33. The van der Waals surface area contributed by atoms with E-state index in [0.29, 0.717) is 17.9 Å². The number of fused-ring (bicyclic) bond motifs is 2. The van der Waals surface area contributed by atoms with Crippen LogP contribution < -0.4 is 15.5 Å². The highest BCUT2D eigenvalue weighted by atomic mass is 19.1. The summed E-state index contributed by atoms with van der Waals surface area (Å²) in [6.07, 6.45) is 5.80. The normalized spacial score (nSPS) is 14.7. The van der Waals surface area contributed by atoms with Crippen molar-refractivity contribution in [3.05, 3.63) is 53.4 Å². The van der Waals surface area contributed by atoms with E-state index in [1.807, 2.05) is 31.0 Å². The van der Waals surface area contributed by atoms with Crippen LogP contribution in [0.25, 0.3) is 16.6 Å². The van der Waals surface area contributed by atoms with Crippen molar-refractivity contribution in [1.82, 2.24) is 24.5 Å². The molecule has 0 atom stereocenters. The Balaban J connectivity index is 1.49. The number of imidazole rings is 1. The molecule has 0 spiro atoms. The fraction of sp³-hybridized carbons (Fsp3) is 0.364. The first-order valence-electron chi connectivity index (χ1n) is 10.3. The number of hydrogen-bond acceptors (Lipinski definition) is 5. The van der Waals surface area contributed by atoms with Crippen LogP contribution >= 0.6 is 0 Å². The number of nitrogens with zero attached hydrogens (tertiary/aromatic N) is 5. The molecule has 7 nitrogen and oxygen atoms in total. The second-order valence-corrected chi connectivity index (χ2v) is 8.05. The van der Waals surface area contributed by atoms with Gasteiger partial charge < -0.3 is 19.9 Å². The first-order valence-corrected chi connectivity index (χ1v) is 10.3. The SMILES string of the molecule is Cc1cn2cc(NCc3cc(C)c(N4CCNCC4)c4cn(C)nc34)cc(F)c2n1. The molecule has 4 heterocycles. The first kappa shape index (κ1) is 18.9. The molecule has 0 unspecified atom stereocenters.